The topological polar surface area (TPSA) is 21.3 Å². The molecule has 0 N–H and O–H groups in total. The van der Waals surface area contributed by atoms with E-state index in [1.807, 2.05) is 12.1 Å². The number of rotatable bonds is 6. The zero-order valence-electron chi connectivity index (χ0n) is 29.9. The van der Waals surface area contributed by atoms with Crippen LogP contribution in [0, 0.1) is 0 Å². The van der Waals surface area contributed by atoms with Gasteiger partial charge in [-0.15, -0.1) is 0 Å². The van der Waals surface area contributed by atoms with Crippen molar-refractivity contribution < 1.29 is 4.42 Å². The van der Waals surface area contributed by atoms with Gasteiger partial charge in [0.1, 0.15) is 11.2 Å². The first-order chi connectivity index (χ1) is 27.3. The molecule has 0 saturated carbocycles. The summed E-state index contributed by atoms with van der Waals surface area (Å²) in [6.45, 7) is 0. The van der Waals surface area contributed by atoms with Crippen LogP contribution in [0.3, 0.4) is 0 Å². The molecule has 9 aromatic carbocycles. The van der Waals surface area contributed by atoms with Crippen molar-refractivity contribution >= 4 is 71.6 Å². The van der Waals surface area contributed by atoms with E-state index in [0.717, 1.165) is 55.8 Å². The standard InChI is InChI=1S/C52H34N2O/c1-2-14-39(15-3-1)53(48-22-10-13-37-12-4-5-16-42(37)48)40-29-24-35(25-30-40)36-26-31-41(32-27-36)54-49-21-8-6-17-44(49)47-34-38(28-33-50(47)54)43-19-11-20-46-45-18-7-9-23-51(45)55-52(43)46/h1-34H. The monoisotopic (exact) mass is 702 g/mol. The molecule has 55 heavy (non-hydrogen) atoms. The van der Waals surface area contributed by atoms with E-state index in [1.165, 1.54) is 43.7 Å². The summed E-state index contributed by atoms with van der Waals surface area (Å²) in [6.07, 6.45) is 0. The molecule has 0 aliphatic rings. The lowest BCUT2D eigenvalue weighted by Gasteiger charge is -2.27. The fourth-order valence-electron chi connectivity index (χ4n) is 8.41. The third-order valence-corrected chi connectivity index (χ3v) is 11.0. The zero-order valence-corrected chi connectivity index (χ0v) is 29.9. The Morgan fingerprint density at radius 2 is 0.982 bits per heavy atom. The molecule has 0 aliphatic heterocycles. The largest absolute Gasteiger partial charge is 0.455 e. The van der Waals surface area contributed by atoms with Crippen molar-refractivity contribution in [2.45, 2.75) is 0 Å². The van der Waals surface area contributed by atoms with Gasteiger partial charge in [-0.3, -0.25) is 0 Å². The Bertz CT molecular complexity index is 3180. The molecule has 0 unspecified atom stereocenters. The quantitative estimate of drug-likeness (QED) is 0.172. The predicted molar refractivity (Wildman–Crippen MR) is 231 cm³/mol. The number of hydrogen-bond acceptors (Lipinski definition) is 2. The average Bonchev–Trinajstić information content (AvgIpc) is 3.80. The lowest BCUT2D eigenvalue weighted by molar-refractivity contribution is 0.670. The van der Waals surface area contributed by atoms with Crippen molar-refractivity contribution in [3.8, 4) is 27.9 Å². The van der Waals surface area contributed by atoms with E-state index in [1.54, 1.807) is 0 Å². The molecule has 11 aromatic rings. The molecule has 3 heteroatoms. The summed E-state index contributed by atoms with van der Waals surface area (Å²) in [5.74, 6) is 0. The molecular weight excluding hydrogens is 669 g/mol. The van der Waals surface area contributed by atoms with Crippen molar-refractivity contribution in [2.24, 2.45) is 0 Å². The van der Waals surface area contributed by atoms with Crippen LogP contribution in [-0.4, -0.2) is 4.57 Å². The molecule has 0 bridgehead atoms. The second-order valence-corrected chi connectivity index (χ2v) is 14.1. The van der Waals surface area contributed by atoms with E-state index in [0.29, 0.717) is 0 Å². The summed E-state index contributed by atoms with van der Waals surface area (Å²) in [7, 11) is 0. The molecule has 0 radical (unpaired) electrons. The first kappa shape index (κ1) is 31.2. The van der Waals surface area contributed by atoms with Gasteiger partial charge in [-0.1, -0.05) is 140 Å². The molecule has 11 rings (SSSR count). The number of furan rings is 1. The van der Waals surface area contributed by atoms with Crippen LogP contribution in [0.1, 0.15) is 0 Å². The number of hydrogen-bond donors (Lipinski definition) is 0. The molecule has 0 spiro atoms. The lowest BCUT2D eigenvalue weighted by Crippen LogP contribution is -2.10. The highest BCUT2D eigenvalue weighted by atomic mass is 16.3. The van der Waals surface area contributed by atoms with Crippen LogP contribution < -0.4 is 4.90 Å². The Balaban J connectivity index is 0.960. The van der Waals surface area contributed by atoms with Gasteiger partial charge in [0.15, 0.2) is 0 Å². The fraction of sp³-hybridized carbons (Fsp3) is 0. The maximum atomic E-state index is 6.43. The maximum absolute atomic E-state index is 6.43. The molecule has 2 aromatic heterocycles. The van der Waals surface area contributed by atoms with Gasteiger partial charge in [0, 0.05) is 49.6 Å². The minimum Gasteiger partial charge on any atom is -0.455 e. The van der Waals surface area contributed by atoms with E-state index in [-0.39, 0.29) is 0 Å². The SMILES string of the molecule is c1ccc(N(c2ccc(-c3ccc(-n4c5ccccc5c5cc(-c6cccc7c6oc6ccccc67)ccc54)cc3)cc2)c2cccc3ccccc23)cc1. The average molecular weight is 703 g/mol. The Kier molecular flexibility index (Phi) is 7.17. The summed E-state index contributed by atoms with van der Waals surface area (Å²) in [5, 5.41) is 7.18. The molecule has 0 fully saturated rings. The van der Waals surface area contributed by atoms with Gasteiger partial charge in [-0.25, -0.2) is 0 Å². The number of benzene rings is 9. The van der Waals surface area contributed by atoms with Gasteiger partial charge in [-0.2, -0.15) is 0 Å². The van der Waals surface area contributed by atoms with Gasteiger partial charge in [0.2, 0.25) is 0 Å². The summed E-state index contributed by atoms with van der Waals surface area (Å²) in [5.41, 5.74) is 13.3. The summed E-state index contributed by atoms with van der Waals surface area (Å²) < 4.78 is 8.81. The van der Waals surface area contributed by atoms with Gasteiger partial charge in [0.25, 0.3) is 0 Å². The van der Waals surface area contributed by atoms with Crippen LogP contribution in [0.5, 0.6) is 0 Å². The molecule has 3 nitrogen and oxygen atoms in total. The Morgan fingerprint density at radius 1 is 0.382 bits per heavy atom. The molecule has 2 heterocycles. The van der Waals surface area contributed by atoms with Crippen molar-refractivity contribution in [3.63, 3.8) is 0 Å². The number of nitrogens with zero attached hydrogens (tertiary/aromatic N) is 2. The second kappa shape index (κ2) is 12.6. The zero-order chi connectivity index (χ0) is 36.3. The first-order valence-corrected chi connectivity index (χ1v) is 18.8. The fourth-order valence-corrected chi connectivity index (χ4v) is 8.41. The van der Waals surface area contributed by atoms with Crippen LogP contribution in [0.15, 0.2) is 211 Å². The maximum Gasteiger partial charge on any atom is 0.143 e. The third kappa shape index (κ3) is 5.13. The van der Waals surface area contributed by atoms with Crippen LogP contribution >= 0.6 is 0 Å². The van der Waals surface area contributed by atoms with Crippen LogP contribution in [0.2, 0.25) is 0 Å². The number of aromatic nitrogens is 1. The Hall–Kier alpha value is -7.36. The van der Waals surface area contributed by atoms with Gasteiger partial charge >= 0.3 is 0 Å². The van der Waals surface area contributed by atoms with E-state index >= 15 is 0 Å². The summed E-state index contributed by atoms with van der Waals surface area (Å²) >= 11 is 0. The van der Waals surface area contributed by atoms with Gasteiger partial charge in [-0.05, 0) is 88.8 Å². The minimum atomic E-state index is 0.914. The van der Waals surface area contributed by atoms with Crippen molar-refractivity contribution in [2.75, 3.05) is 4.90 Å². The van der Waals surface area contributed by atoms with Gasteiger partial charge < -0.3 is 13.9 Å². The highest BCUT2D eigenvalue weighted by Gasteiger charge is 2.18. The smallest absolute Gasteiger partial charge is 0.143 e. The van der Waals surface area contributed by atoms with Gasteiger partial charge in [0.05, 0.1) is 16.7 Å². The van der Waals surface area contributed by atoms with E-state index in [2.05, 4.69) is 204 Å². The van der Waals surface area contributed by atoms with E-state index in [4.69, 9.17) is 4.42 Å². The number of fused-ring (bicyclic) bond motifs is 7. The van der Waals surface area contributed by atoms with Crippen LogP contribution in [0.4, 0.5) is 17.1 Å². The second-order valence-electron chi connectivity index (χ2n) is 14.1. The molecule has 0 atom stereocenters. The van der Waals surface area contributed by atoms with Crippen molar-refractivity contribution in [1.82, 2.24) is 4.57 Å². The molecular formula is C52H34N2O. The normalized spacial score (nSPS) is 11.6. The number of anilines is 3. The van der Waals surface area contributed by atoms with Crippen LogP contribution in [0.25, 0.3) is 82.5 Å². The highest BCUT2D eigenvalue weighted by Crippen LogP contribution is 2.41. The molecule has 0 aliphatic carbocycles. The lowest BCUT2D eigenvalue weighted by atomic mass is 10.0. The summed E-state index contributed by atoms with van der Waals surface area (Å²) in [4.78, 5) is 2.35. The van der Waals surface area contributed by atoms with Crippen molar-refractivity contribution in [1.29, 1.82) is 0 Å². The van der Waals surface area contributed by atoms with Crippen molar-refractivity contribution in [3.05, 3.63) is 206 Å². The highest BCUT2D eigenvalue weighted by molar-refractivity contribution is 6.13. The predicted octanol–water partition coefficient (Wildman–Crippen LogP) is 14.6. The van der Waals surface area contributed by atoms with E-state index in [9.17, 15) is 0 Å². The minimum absolute atomic E-state index is 0.914. The Morgan fingerprint density at radius 3 is 1.82 bits per heavy atom. The number of para-hydroxylation sites is 4. The molecule has 0 saturated heterocycles. The molecule has 0 amide bonds. The van der Waals surface area contributed by atoms with E-state index < -0.39 is 0 Å². The van der Waals surface area contributed by atoms with Crippen LogP contribution in [-0.2, 0) is 0 Å². The molecule has 258 valence electrons. The summed E-state index contributed by atoms with van der Waals surface area (Å²) in [6, 6.07) is 73.8. The first-order valence-electron chi connectivity index (χ1n) is 18.8. The third-order valence-electron chi connectivity index (χ3n) is 11.0. The Labute approximate surface area is 318 Å².